The van der Waals surface area contributed by atoms with Crippen LogP contribution in [0.3, 0.4) is 0 Å². The fourth-order valence-electron chi connectivity index (χ4n) is 4.62. The molecule has 10 heteroatoms. The number of amides is 2. The number of fused-ring (bicyclic) bond motifs is 3. The van der Waals surface area contributed by atoms with Gasteiger partial charge in [-0.3, -0.25) is 19.5 Å². The van der Waals surface area contributed by atoms with Crippen molar-refractivity contribution in [2.24, 2.45) is 5.41 Å². The van der Waals surface area contributed by atoms with Crippen molar-refractivity contribution in [3.63, 3.8) is 0 Å². The number of carbonyl (C=O) groups excluding carboxylic acids is 2. The summed E-state index contributed by atoms with van der Waals surface area (Å²) in [5.41, 5.74) is 3.65. The van der Waals surface area contributed by atoms with Gasteiger partial charge in [-0.2, -0.15) is 5.10 Å². The smallest absolute Gasteiger partial charge is 0.290 e. The second kappa shape index (κ2) is 8.83. The first-order valence-electron chi connectivity index (χ1n) is 10.5. The van der Waals surface area contributed by atoms with Gasteiger partial charge in [-0.15, -0.1) is 0 Å². The maximum atomic E-state index is 12.8. The summed E-state index contributed by atoms with van der Waals surface area (Å²) >= 11 is 0. The van der Waals surface area contributed by atoms with Crippen molar-refractivity contribution in [2.75, 3.05) is 31.5 Å². The summed E-state index contributed by atoms with van der Waals surface area (Å²) in [4.78, 5) is 39.4. The molecule has 2 aliphatic heterocycles. The van der Waals surface area contributed by atoms with Gasteiger partial charge in [-0.25, -0.2) is 0 Å². The van der Waals surface area contributed by atoms with E-state index in [0.717, 1.165) is 55.5 Å². The highest BCUT2D eigenvalue weighted by atomic mass is 16.3. The van der Waals surface area contributed by atoms with Crippen LogP contribution in [0.2, 0.25) is 0 Å². The molecule has 10 nitrogen and oxygen atoms in total. The molecule has 0 radical (unpaired) electrons. The highest BCUT2D eigenvalue weighted by Gasteiger charge is 2.43. The third kappa shape index (κ3) is 4.22. The van der Waals surface area contributed by atoms with E-state index >= 15 is 0 Å². The predicted octanol–water partition coefficient (Wildman–Crippen LogP) is 1.98. The minimum atomic E-state index is -0.250. The van der Waals surface area contributed by atoms with E-state index < -0.39 is 0 Å². The molecule has 4 heterocycles. The first kappa shape index (κ1) is 21.6. The number of benzene rings is 1. The van der Waals surface area contributed by atoms with Crippen LogP contribution in [0.25, 0.3) is 10.9 Å². The van der Waals surface area contributed by atoms with Crippen LogP contribution in [0.5, 0.6) is 0 Å². The Morgan fingerprint density at radius 1 is 1.28 bits per heavy atom. The Balaban J connectivity index is 0.000000775. The monoisotopic (exact) mass is 438 g/mol. The molecule has 2 aromatic heterocycles. The Hall–Kier alpha value is -3.66. The maximum Gasteiger partial charge on any atom is 0.290 e. The van der Waals surface area contributed by atoms with Gasteiger partial charge in [0, 0.05) is 41.2 Å². The van der Waals surface area contributed by atoms with Crippen LogP contribution in [0.15, 0.2) is 30.6 Å². The number of aromatic amines is 2. The zero-order valence-corrected chi connectivity index (χ0v) is 17.8. The van der Waals surface area contributed by atoms with Crippen molar-refractivity contribution < 1.29 is 19.5 Å². The molecule has 5 N–H and O–H groups in total. The lowest BCUT2D eigenvalue weighted by molar-refractivity contribution is -0.122. The number of aryl methyl sites for hydroxylation is 1. The summed E-state index contributed by atoms with van der Waals surface area (Å²) in [6, 6.07) is 5.41. The van der Waals surface area contributed by atoms with E-state index in [0.29, 0.717) is 16.9 Å². The highest BCUT2D eigenvalue weighted by molar-refractivity contribution is 6.08. The number of piperidine rings is 1. The van der Waals surface area contributed by atoms with Crippen molar-refractivity contribution in [1.82, 2.24) is 25.4 Å². The molecule has 5 rings (SSSR count). The third-order valence-electron chi connectivity index (χ3n) is 6.40. The zero-order chi connectivity index (χ0) is 22.7. The van der Waals surface area contributed by atoms with E-state index in [2.05, 4.69) is 30.7 Å². The first-order valence-corrected chi connectivity index (χ1v) is 10.5. The number of nitrogens with one attached hydrogen (secondary N) is 4. The number of hydrogen-bond donors (Lipinski definition) is 5. The second-order valence-electron chi connectivity index (χ2n) is 8.39. The van der Waals surface area contributed by atoms with Gasteiger partial charge in [-0.1, -0.05) is 0 Å². The number of hydrogen-bond acceptors (Lipinski definition) is 5. The van der Waals surface area contributed by atoms with E-state index in [1.807, 2.05) is 19.1 Å². The van der Waals surface area contributed by atoms with Gasteiger partial charge in [0.15, 0.2) is 0 Å². The molecule has 0 spiro atoms. The zero-order valence-electron chi connectivity index (χ0n) is 17.8. The molecule has 0 atom stereocenters. The second-order valence-corrected chi connectivity index (χ2v) is 8.39. The molecule has 2 bridgehead atoms. The lowest BCUT2D eigenvalue weighted by Gasteiger charge is -2.25. The SMILES string of the molecule is Cc1c(C(=O)NCC23CCN(CC2)C3)[nH]c2ccc(C(=O)Nc3cn[nH]c3)cc12.O=CO. The fourth-order valence-corrected chi connectivity index (χ4v) is 4.62. The average Bonchev–Trinajstić information content (AvgIpc) is 3.58. The standard InChI is InChI=1S/C21H24N6O2.CH2O2/c1-13-16-8-14(19(28)25-15-9-23-24-10-15)2-3-17(16)26-18(13)20(29)22-11-21-4-6-27(12-21)7-5-21;2-1-3/h2-3,8-10,26H,4-7,11-12H2,1H3,(H,22,29)(H,23,24)(H,25,28);1H,(H,2,3). The molecule has 0 unspecified atom stereocenters. The molecule has 2 aliphatic rings. The van der Waals surface area contributed by atoms with E-state index in [-0.39, 0.29) is 23.7 Å². The van der Waals surface area contributed by atoms with Crippen LogP contribution >= 0.6 is 0 Å². The van der Waals surface area contributed by atoms with Crippen LogP contribution in [-0.2, 0) is 4.79 Å². The number of nitrogens with zero attached hydrogens (tertiary/aromatic N) is 2. The van der Waals surface area contributed by atoms with Crippen molar-refractivity contribution in [2.45, 2.75) is 19.8 Å². The van der Waals surface area contributed by atoms with E-state index in [4.69, 9.17) is 9.90 Å². The minimum absolute atomic E-state index is 0.0807. The molecule has 32 heavy (non-hydrogen) atoms. The van der Waals surface area contributed by atoms with Crippen LogP contribution in [0, 0.1) is 12.3 Å². The Labute approximate surface area is 184 Å². The molecule has 2 saturated heterocycles. The van der Waals surface area contributed by atoms with Gasteiger partial charge in [0.05, 0.1) is 11.9 Å². The van der Waals surface area contributed by atoms with Crippen molar-refractivity contribution in [1.29, 1.82) is 0 Å². The molecule has 1 aromatic carbocycles. The number of carboxylic acid groups (broad SMARTS) is 1. The van der Waals surface area contributed by atoms with E-state index in [1.54, 1.807) is 18.5 Å². The number of aromatic nitrogens is 3. The quantitative estimate of drug-likeness (QED) is 0.386. The van der Waals surface area contributed by atoms with Crippen LogP contribution in [-0.4, -0.2) is 69.7 Å². The van der Waals surface area contributed by atoms with E-state index in [9.17, 15) is 9.59 Å². The van der Waals surface area contributed by atoms with E-state index in [1.165, 1.54) is 0 Å². The van der Waals surface area contributed by atoms with Crippen LogP contribution in [0.4, 0.5) is 5.69 Å². The highest BCUT2D eigenvalue weighted by Crippen LogP contribution is 2.39. The van der Waals surface area contributed by atoms with Crippen molar-refractivity contribution in [3.8, 4) is 0 Å². The minimum Gasteiger partial charge on any atom is -0.483 e. The number of anilines is 1. The van der Waals surface area contributed by atoms with Gasteiger partial charge in [-0.05, 0) is 56.6 Å². The molecule has 2 amide bonds. The Bertz CT molecular complexity index is 1130. The molecule has 168 valence electrons. The lowest BCUT2D eigenvalue weighted by Crippen LogP contribution is -2.37. The summed E-state index contributed by atoms with van der Waals surface area (Å²) < 4.78 is 0. The topological polar surface area (TPSA) is 143 Å². The normalized spacial score (nSPS) is 21.1. The van der Waals surface area contributed by atoms with Crippen LogP contribution < -0.4 is 10.6 Å². The summed E-state index contributed by atoms with van der Waals surface area (Å²) in [6.45, 7) is 5.76. The molecule has 0 saturated carbocycles. The van der Waals surface area contributed by atoms with Crippen LogP contribution in [0.1, 0.15) is 39.3 Å². The van der Waals surface area contributed by atoms with Gasteiger partial charge >= 0.3 is 0 Å². The summed E-state index contributed by atoms with van der Waals surface area (Å²) in [5, 5.41) is 20.2. The summed E-state index contributed by atoms with van der Waals surface area (Å²) in [5.74, 6) is -0.297. The van der Waals surface area contributed by atoms with Crippen molar-refractivity contribution in [3.05, 3.63) is 47.4 Å². The number of rotatable bonds is 5. The predicted molar refractivity (Wildman–Crippen MR) is 119 cm³/mol. The van der Waals surface area contributed by atoms with Gasteiger partial charge in [0.2, 0.25) is 0 Å². The Morgan fingerprint density at radius 2 is 2.03 bits per heavy atom. The molecule has 2 fully saturated rings. The Morgan fingerprint density at radius 3 is 2.66 bits per heavy atom. The first-order chi connectivity index (χ1) is 15.4. The maximum absolute atomic E-state index is 12.8. The average molecular weight is 438 g/mol. The molecular formula is C22H26N6O4. The largest absolute Gasteiger partial charge is 0.483 e. The molecule has 3 aromatic rings. The number of carbonyl (C=O) groups is 3. The lowest BCUT2D eigenvalue weighted by atomic mass is 9.84. The summed E-state index contributed by atoms with van der Waals surface area (Å²) in [6.07, 6.45) is 5.49. The van der Waals surface area contributed by atoms with Gasteiger partial charge in [0.25, 0.3) is 18.3 Å². The number of H-pyrrole nitrogens is 2. The van der Waals surface area contributed by atoms with Crippen molar-refractivity contribution >= 4 is 34.9 Å². The molecule has 0 aliphatic carbocycles. The fraction of sp³-hybridized carbons (Fsp3) is 0.364. The third-order valence-corrected chi connectivity index (χ3v) is 6.40. The Kier molecular flexibility index (Phi) is 5.95. The van der Waals surface area contributed by atoms with Gasteiger partial charge < -0.3 is 25.6 Å². The van der Waals surface area contributed by atoms with Gasteiger partial charge in [0.1, 0.15) is 5.69 Å². The summed E-state index contributed by atoms with van der Waals surface area (Å²) in [7, 11) is 0. The molecular weight excluding hydrogens is 412 g/mol.